The molecule has 3 fully saturated rings. The van der Waals surface area contributed by atoms with Crippen LogP contribution in [0.3, 0.4) is 0 Å². The summed E-state index contributed by atoms with van der Waals surface area (Å²) in [4.78, 5) is 2.76. The van der Waals surface area contributed by atoms with Crippen LogP contribution in [0.1, 0.15) is 44.1 Å². The number of nitrogens with zero attached hydrogens (tertiary/aromatic N) is 1. The molecule has 1 aromatic carbocycles. The summed E-state index contributed by atoms with van der Waals surface area (Å²) < 4.78 is 0. The smallest absolute Gasteiger partial charge is 0.115 e. The summed E-state index contributed by atoms with van der Waals surface area (Å²) in [7, 11) is 0. The molecule has 2 nitrogen and oxygen atoms in total. The van der Waals surface area contributed by atoms with Crippen molar-refractivity contribution in [3.05, 3.63) is 29.8 Å². The second-order valence-electron chi connectivity index (χ2n) is 6.92. The second-order valence-corrected chi connectivity index (χ2v) is 6.92. The highest BCUT2D eigenvalue weighted by molar-refractivity contribution is 5.35. The number of fused-ring (bicyclic) bond motifs is 2. The van der Waals surface area contributed by atoms with Gasteiger partial charge in [0.25, 0.3) is 0 Å². The van der Waals surface area contributed by atoms with Gasteiger partial charge in [0, 0.05) is 12.6 Å². The van der Waals surface area contributed by atoms with Crippen LogP contribution >= 0.6 is 0 Å². The van der Waals surface area contributed by atoms with Crippen LogP contribution in [0.15, 0.2) is 24.3 Å². The zero-order valence-electron chi connectivity index (χ0n) is 11.5. The van der Waals surface area contributed by atoms with Crippen molar-refractivity contribution >= 4 is 0 Å². The van der Waals surface area contributed by atoms with E-state index in [1.54, 1.807) is 6.07 Å². The Morgan fingerprint density at radius 1 is 1.21 bits per heavy atom. The van der Waals surface area contributed by atoms with Gasteiger partial charge in [-0.2, -0.15) is 0 Å². The summed E-state index contributed by atoms with van der Waals surface area (Å²) in [6.45, 7) is 2.61. The Morgan fingerprint density at radius 3 is 2.89 bits per heavy atom. The van der Waals surface area contributed by atoms with E-state index in [4.69, 9.17) is 0 Å². The molecule has 102 valence electrons. The minimum Gasteiger partial charge on any atom is -0.508 e. The number of hydrogen-bond acceptors (Lipinski definition) is 2. The van der Waals surface area contributed by atoms with E-state index in [2.05, 4.69) is 11.0 Å². The normalized spacial score (nSPS) is 34.6. The highest BCUT2D eigenvalue weighted by atomic mass is 16.3. The second kappa shape index (κ2) is 4.24. The molecule has 2 atom stereocenters. The molecule has 0 amide bonds. The molecule has 0 radical (unpaired) electrons. The van der Waals surface area contributed by atoms with E-state index >= 15 is 0 Å². The Kier molecular flexibility index (Phi) is 2.63. The lowest BCUT2D eigenvalue weighted by Crippen LogP contribution is -2.43. The molecule has 2 aliphatic carbocycles. The lowest BCUT2D eigenvalue weighted by Gasteiger charge is -2.40. The lowest BCUT2D eigenvalue weighted by atomic mass is 9.74. The molecule has 4 rings (SSSR count). The van der Waals surface area contributed by atoms with E-state index < -0.39 is 0 Å². The summed E-state index contributed by atoms with van der Waals surface area (Å²) in [5, 5.41) is 9.74. The van der Waals surface area contributed by atoms with E-state index in [9.17, 15) is 5.11 Å². The number of phenols is 1. The van der Waals surface area contributed by atoms with Crippen LogP contribution in [0.2, 0.25) is 0 Å². The third-order valence-corrected chi connectivity index (χ3v) is 5.62. The van der Waals surface area contributed by atoms with Crippen molar-refractivity contribution in [2.24, 2.45) is 5.92 Å². The standard InChI is InChI=1S/C17H23NO/c19-16-3-1-2-14(10-16)17-7-6-15(11-17)18(9-8-17)12-13-4-5-13/h1-3,10,13,15,19H,4-9,11-12H2. The maximum Gasteiger partial charge on any atom is 0.115 e. The van der Waals surface area contributed by atoms with Gasteiger partial charge >= 0.3 is 0 Å². The zero-order chi connectivity index (χ0) is 12.9. The van der Waals surface area contributed by atoms with Crippen LogP contribution in [-0.2, 0) is 5.41 Å². The fourth-order valence-electron chi connectivity index (χ4n) is 4.29. The highest BCUT2D eigenvalue weighted by Crippen LogP contribution is 2.50. The maximum absolute atomic E-state index is 9.74. The van der Waals surface area contributed by atoms with Crippen LogP contribution in [0.4, 0.5) is 0 Å². The number of benzene rings is 1. The molecule has 2 heteroatoms. The minimum atomic E-state index is 0.365. The molecular formula is C17H23NO. The topological polar surface area (TPSA) is 23.5 Å². The molecule has 2 bridgehead atoms. The van der Waals surface area contributed by atoms with E-state index in [0.29, 0.717) is 11.2 Å². The SMILES string of the molecule is Oc1cccc(C23CCC(C2)N(CC2CC2)CC3)c1. The van der Waals surface area contributed by atoms with Gasteiger partial charge in [-0.3, -0.25) is 0 Å². The number of piperidine rings is 1. The first-order valence-electron chi connectivity index (χ1n) is 7.79. The van der Waals surface area contributed by atoms with E-state index in [-0.39, 0.29) is 0 Å². The number of likely N-dealkylation sites (tertiary alicyclic amines) is 1. The summed E-state index contributed by atoms with van der Waals surface area (Å²) in [5.74, 6) is 1.43. The van der Waals surface area contributed by atoms with Crippen molar-refractivity contribution in [3.8, 4) is 5.75 Å². The van der Waals surface area contributed by atoms with Crippen molar-refractivity contribution < 1.29 is 5.11 Å². The highest BCUT2D eigenvalue weighted by Gasteiger charge is 2.47. The fourth-order valence-corrected chi connectivity index (χ4v) is 4.29. The van der Waals surface area contributed by atoms with Crippen LogP contribution in [0.25, 0.3) is 0 Å². The molecule has 3 aliphatic rings. The summed E-state index contributed by atoms with van der Waals surface area (Å²) in [6.07, 6.45) is 8.16. The third kappa shape index (κ3) is 2.06. The number of rotatable bonds is 3. The molecule has 2 unspecified atom stereocenters. The molecular weight excluding hydrogens is 234 g/mol. The Balaban J connectivity index is 1.55. The number of hydrogen-bond donors (Lipinski definition) is 1. The fraction of sp³-hybridized carbons (Fsp3) is 0.647. The third-order valence-electron chi connectivity index (χ3n) is 5.62. The summed E-state index contributed by atoms with van der Waals surface area (Å²) in [5.41, 5.74) is 1.74. The molecule has 0 aromatic heterocycles. The van der Waals surface area contributed by atoms with E-state index in [1.807, 2.05) is 12.1 Å². The van der Waals surface area contributed by atoms with Crippen molar-refractivity contribution in [2.75, 3.05) is 13.1 Å². The van der Waals surface area contributed by atoms with E-state index in [1.165, 1.54) is 57.2 Å². The summed E-state index contributed by atoms with van der Waals surface area (Å²) >= 11 is 0. The first-order valence-corrected chi connectivity index (χ1v) is 7.79. The van der Waals surface area contributed by atoms with Crippen LogP contribution in [-0.4, -0.2) is 29.1 Å². The van der Waals surface area contributed by atoms with Gasteiger partial charge in [0.05, 0.1) is 0 Å². The Bertz CT molecular complexity index is 482. The van der Waals surface area contributed by atoms with Crippen LogP contribution in [0.5, 0.6) is 5.75 Å². The Labute approximate surface area is 115 Å². The molecule has 1 aliphatic heterocycles. The molecule has 0 spiro atoms. The monoisotopic (exact) mass is 257 g/mol. The summed E-state index contributed by atoms with van der Waals surface area (Å²) in [6, 6.07) is 8.81. The number of aromatic hydroxyl groups is 1. The van der Waals surface area contributed by atoms with Gasteiger partial charge in [0.2, 0.25) is 0 Å². The predicted octanol–water partition coefficient (Wildman–Crippen LogP) is 3.30. The Hall–Kier alpha value is -1.02. The van der Waals surface area contributed by atoms with Gasteiger partial charge in [-0.25, -0.2) is 0 Å². The number of phenolic OH excluding ortho intramolecular Hbond substituents is 1. The predicted molar refractivity (Wildman–Crippen MR) is 76.3 cm³/mol. The van der Waals surface area contributed by atoms with Gasteiger partial charge in [-0.15, -0.1) is 0 Å². The van der Waals surface area contributed by atoms with Crippen molar-refractivity contribution in [3.63, 3.8) is 0 Å². The molecule has 1 aromatic rings. The molecule has 1 saturated heterocycles. The first kappa shape index (κ1) is 11.8. The minimum absolute atomic E-state index is 0.365. The Morgan fingerprint density at radius 2 is 2.11 bits per heavy atom. The molecule has 1 heterocycles. The van der Waals surface area contributed by atoms with Gasteiger partial charge in [-0.1, -0.05) is 12.1 Å². The zero-order valence-corrected chi connectivity index (χ0v) is 11.5. The maximum atomic E-state index is 9.74. The van der Waals surface area contributed by atoms with Gasteiger partial charge in [0.1, 0.15) is 5.75 Å². The van der Waals surface area contributed by atoms with E-state index in [0.717, 1.165) is 12.0 Å². The van der Waals surface area contributed by atoms with Crippen molar-refractivity contribution in [2.45, 2.75) is 50.0 Å². The van der Waals surface area contributed by atoms with Gasteiger partial charge < -0.3 is 10.0 Å². The average Bonchev–Trinajstić information content (AvgIpc) is 3.16. The largest absolute Gasteiger partial charge is 0.508 e. The first-order chi connectivity index (χ1) is 9.25. The van der Waals surface area contributed by atoms with Crippen LogP contribution < -0.4 is 0 Å². The molecule has 1 N–H and O–H groups in total. The quantitative estimate of drug-likeness (QED) is 0.898. The lowest BCUT2D eigenvalue weighted by molar-refractivity contribution is 0.135. The van der Waals surface area contributed by atoms with Gasteiger partial charge in [-0.05, 0) is 74.1 Å². The average molecular weight is 257 g/mol. The van der Waals surface area contributed by atoms with Crippen LogP contribution in [0, 0.1) is 5.92 Å². The van der Waals surface area contributed by atoms with Crippen molar-refractivity contribution in [1.29, 1.82) is 0 Å². The molecule has 2 saturated carbocycles. The van der Waals surface area contributed by atoms with Crippen molar-refractivity contribution in [1.82, 2.24) is 4.90 Å². The van der Waals surface area contributed by atoms with Gasteiger partial charge in [0.15, 0.2) is 0 Å². The molecule has 19 heavy (non-hydrogen) atoms.